The minimum atomic E-state index is -5.08. The molecule has 1 aromatic carbocycles. The first-order valence-corrected chi connectivity index (χ1v) is 6.17. The lowest BCUT2D eigenvalue weighted by molar-refractivity contribution is -0.192. The van der Waals surface area contributed by atoms with Crippen molar-refractivity contribution in [1.29, 1.82) is 0 Å². The summed E-state index contributed by atoms with van der Waals surface area (Å²) < 4.78 is 36.8. The third-order valence-electron chi connectivity index (χ3n) is 2.97. The van der Waals surface area contributed by atoms with Crippen molar-refractivity contribution in [2.45, 2.75) is 6.18 Å². The van der Waals surface area contributed by atoms with Crippen LogP contribution >= 0.6 is 0 Å². The van der Waals surface area contributed by atoms with Gasteiger partial charge in [-0.3, -0.25) is 0 Å². The molecule has 0 radical (unpaired) electrons. The molecule has 118 valence electrons. The van der Waals surface area contributed by atoms with Crippen LogP contribution in [0.15, 0.2) is 24.3 Å². The Morgan fingerprint density at radius 1 is 1.38 bits per heavy atom. The molecule has 1 saturated heterocycles. The molecule has 0 spiro atoms. The first kappa shape index (κ1) is 17.1. The number of rotatable bonds is 3. The molecular formula is C13H17F3N2O3. The summed E-state index contributed by atoms with van der Waals surface area (Å²) in [6, 6.07) is 8.16. The molecule has 0 unspecified atom stereocenters. The van der Waals surface area contributed by atoms with Gasteiger partial charge in [0.15, 0.2) is 0 Å². The zero-order valence-corrected chi connectivity index (χ0v) is 11.4. The van der Waals surface area contributed by atoms with E-state index in [4.69, 9.17) is 20.4 Å². The number of carbonyl (C=O) groups is 1. The van der Waals surface area contributed by atoms with Gasteiger partial charge in [0.2, 0.25) is 0 Å². The quantitative estimate of drug-likeness (QED) is 0.889. The van der Waals surface area contributed by atoms with Crippen LogP contribution in [0, 0.1) is 5.92 Å². The van der Waals surface area contributed by atoms with E-state index in [9.17, 15) is 13.2 Å². The van der Waals surface area contributed by atoms with Crippen LogP contribution in [0.3, 0.4) is 0 Å². The van der Waals surface area contributed by atoms with Crippen molar-refractivity contribution in [1.82, 2.24) is 0 Å². The first-order chi connectivity index (χ1) is 9.77. The van der Waals surface area contributed by atoms with E-state index in [2.05, 4.69) is 17.0 Å². The molecule has 0 amide bonds. The Bertz CT molecular complexity index is 457. The minimum absolute atomic E-state index is 0.678. The Kier molecular flexibility index (Phi) is 5.83. The number of methoxy groups -OCH3 is 1. The molecule has 1 heterocycles. The number of alkyl halides is 3. The molecule has 21 heavy (non-hydrogen) atoms. The van der Waals surface area contributed by atoms with Crippen molar-refractivity contribution in [3.8, 4) is 5.75 Å². The number of anilines is 1. The molecular weight excluding hydrogens is 289 g/mol. The number of carboxylic acid groups (broad SMARTS) is 1. The van der Waals surface area contributed by atoms with Crippen molar-refractivity contribution in [3.63, 3.8) is 0 Å². The second-order valence-corrected chi connectivity index (χ2v) is 4.51. The minimum Gasteiger partial charge on any atom is -0.497 e. The summed E-state index contributed by atoms with van der Waals surface area (Å²) in [5.41, 5.74) is 6.83. The molecule has 2 rings (SSSR count). The third kappa shape index (κ3) is 5.14. The van der Waals surface area contributed by atoms with Crippen LogP contribution in [-0.4, -0.2) is 44.0 Å². The molecule has 0 aromatic heterocycles. The summed E-state index contributed by atoms with van der Waals surface area (Å²) in [4.78, 5) is 11.2. The number of carboxylic acids is 1. The molecule has 1 aliphatic heterocycles. The average molecular weight is 306 g/mol. The maximum Gasteiger partial charge on any atom is 0.490 e. The van der Waals surface area contributed by atoms with Crippen molar-refractivity contribution in [2.24, 2.45) is 11.7 Å². The van der Waals surface area contributed by atoms with Crippen LogP contribution in [0.1, 0.15) is 0 Å². The predicted molar refractivity (Wildman–Crippen MR) is 71.4 cm³/mol. The van der Waals surface area contributed by atoms with Gasteiger partial charge in [0, 0.05) is 24.7 Å². The van der Waals surface area contributed by atoms with Crippen LogP contribution in [-0.2, 0) is 4.79 Å². The van der Waals surface area contributed by atoms with E-state index in [1.807, 2.05) is 12.1 Å². The summed E-state index contributed by atoms with van der Waals surface area (Å²) in [6.07, 6.45) is -5.08. The van der Waals surface area contributed by atoms with E-state index in [-0.39, 0.29) is 0 Å². The highest BCUT2D eigenvalue weighted by Crippen LogP contribution is 2.25. The zero-order valence-electron chi connectivity index (χ0n) is 11.4. The second-order valence-electron chi connectivity index (χ2n) is 4.51. The van der Waals surface area contributed by atoms with E-state index >= 15 is 0 Å². The normalized spacial score (nSPS) is 14.8. The van der Waals surface area contributed by atoms with E-state index in [1.54, 1.807) is 7.11 Å². The van der Waals surface area contributed by atoms with Gasteiger partial charge < -0.3 is 20.5 Å². The van der Waals surface area contributed by atoms with Gasteiger partial charge >= 0.3 is 12.1 Å². The molecule has 0 atom stereocenters. The molecule has 5 nitrogen and oxygen atoms in total. The molecule has 0 aliphatic carbocycles. The Labute approximate surface area is 120 Å². The Morgan fingerprint density at radius 2 is 1.86 bits per heavy atom. The fourth-order valence-electron chi connectivity index (χ4n) is 1.72. The van der Waals surface area contributed by atoms with E-state index in [0.29, 0.717) is 5.92 Å². The number of hydrogen-bond donors (Lipinski definition) is 2. The largest absolute Gasteiger partial charge is 0.497 e. The average Bonchev–Trinajstić information content (AvgIpc) is 2.38. The number of hydrogen-bond acceptors (Lipinski definition) is 4. The summed E-state index contributed by atoms with van der Waals surface area (Å²) >= 11 is 0. The predicted octanol–water partition coefficient (Wildman–Crippen LogP) is 1.72. The van der Waals surface area contributed by atoms with Crippen LogP contribution in [0.5, 0.6) is 5.75 Å². The Morgan fingerprint density at radius 3 is 2.19 bits per heavy atom. The van der Waals surface area contributed by atoms with Crippen LogP contribution in [0.2, 0.25) is 0 Å². The van der Waals surface area contributed by atoms with Gasteiger partial charge in [0.1, 0.15) is 5.75 Å². The van der Waals surface area contributed by atoms with Crippen LogP contribution < -0.4 is 15.4 Å². The highest BCUT2D eigenvalue weighted by atomic mass is 19.4. The molecule has 1 aromatic rings. The fourth-order valence-corrected chi connectivity index (χ4v) is 1.72. The second kappa shape index (κ2) is 7.16. The highest BCUT2D eigenvalue weighted by molar-refractivity contribution is 5.73. The number of aliphatic carboxylic acids is 1. The van der Waals surface area contributed by atoms with Crippen molar-refractivity contribution in [2.75, 3.05) is 31.6 Å². The van der Waals surface area contributed by atoms with Gasteiger partial charge in [-0.2, -0.15) is 13.2 Å². The molecule has 1 fully saturated rings. The van der Waals surface area contributed by atoms with Gasteiger partial charge in [0.25, 0.3) is 0 Å². The zero-order chi connectivity index (χ0) is 16.0. The van der Waals surface area contributed by atoms with Gasteiger partial charge in [-0.1, -0.05) is 0 Å². The Hall–Kier alpha value is -1.96. The number of nitrogens with zero attached hydrogens (tertiary/aromatic N) is 1. The summed E-state index contributed by atoms with van der Waals surface area (Å²) in [5, 5.41) is 7.12. The topological polar surface area (TPSA) is 75.8 Å². The molecule has 1 aliphatic rings. The first-order valence-electron chi connectivity index (χ1n) is 6.17. The number of ether oxygens (including phenoxy) is 1. The van der Waals surface area contributed by atoms with E-state index < -0.39 is 12.1 Å². The number of halogens is 3. The van der Waals surface area contributed by atoms with Gasteiger partial charge in [-0.05, 0) is 30.8 Å². The van der Waals surface area contributed by atoms with Gasteiger partial charge in [-0.15, -0.1) is 0 Å². The third-order valence-corrected chi connectivity index (χ3v) is 2.97. The van der Waals surface area contributed by atoms with Gasteiger partial charge in [-0.25, -0.2) is 4.79 Å². The van der Waals surface area contributed by atoms with Crippen molar-refractivity contribution in [3.05, 3.63) is 24.3 Å². The van der Waals surface area contributed by atoms with E-state index in [1.165, 1.54) is 5.69 Å². The number of benzene rings is 1. The standard InChI is InChI=1S/C11H16N2O.C2HF3O2/c1-14-11-4-2-10(3-5-11)13-7-9(6-12)8-13;3-2(4,5)1(6)7/h2-5,9H,6-8,12H2,1H3;(H,6,7). The maximum atomic E-state index is 10.6. The summed E-state index contributed by atoms with van der Waals surface area (Å²) in [6.45, 7) is 2.97. The lowest BCUT2D eigenvalue weighted by Gasteiger charge is -2.40. The van der Waals surface area contributed by atoms with Crippen molar-refractivity contribution >= 4 is 11.7 Å². The monoisotopic (exact) mass is 306 g/mol. The smallest absolute Gasteiger partial charge is 0.490 e. The maximum absolute atomic E-state index is 10.6. The highest BCUT2D eigenvalue weighted by Gasteiger charge is 2.38. The Balaban J connectivity index is 0.000000270. The SMILES string of the molecule is COc1ccc(N2CC(CN)C2)cc1.O=C(O)C(F)(F)F. The van der Waals surface area contributed by atoms with Crippen molar-refractivity contribution < 1.29 is 27.8 Å². The van der Waals surface area contributed by atoms with E-state index in [0.717, 1.165) is 25.4 Å². The summed E-state index contributed by atoms with van der Waals surface area (Å²) in [7, 11) is 1.68. The lowest BCUT2D eigenvalue weighted by atomic mass is 10.00. The van der Waals surface area contributed by atoms with Crippen LogP contribution in [0.25, 0.3) is 0 Å². The molecule has 8 heteroatoms. The molecule has 0 bridgehead atoms. The number of nitrogens with two attached hydrogens (primary N) is 1. The molecule has 3 N–H and O–H groups in total. The van der Waals surface area contributed by atoms with Crippen LogP contribution in [0.4, 0.5) is 18.9 Å². The molecule has 0 saturated carbocycles. The lowest BCUT2D eigenvalue weighted by Crippen LogP contribution is -2.49. The summed E-state index contributed by atoms with van der Waals surface area (Å²) in [5.74, 6) is -1.17. The fraction of sp³-hybridized carbons (Fsp3) is 0.462. The van der Waals surface area contributed by atoms with Gasteiger partial charge in [0.05, 0.1) is 7.11 Å².